The van der Waals surface area contributed by atoms with Crippen molar-refractivity contribution in [1.29, 1.82) is 0 Å². The number of carbonyl (C=O) groups is 1. The van der Waals surface area contributed by atoms with Crippen LogP contribution in [0, 0.1) is 5.82 Å². The summed E-state index contributed by atoms with van der Waals surface area (Å²) in [4.78, 5) is 10.7. The summed E-state index contributed by atoms with van der Waals surface area (Å²) < 4.78 is 14.0. The Bertz CT molecular complexity index is 633. The number of hydrogen-bond acceptors (Lipinski definition) is 2. The van der Waals surface area contributed by atoms with Crippen molar-refractivity contribution in [2.75, 3.05) is 6.54 Å². The topological polar surface area (TPSA) is 61.1 Å². The number of aromatic hydroxyl groups is 1. The Balaban J connectivity index is 0.000000777. The molecular formula is C19H23FKNO2. The molecule has 0 spiro atoms. The molecule has 2 N–H and O–H groups in total. The van der Waals surface area contributed by atoms with Gasteiger partial charge in [0.2, 0.25) is 0 Å². The van der Waals surface area contributed by atoms with E-state index in [2.05, 4.69) is 6.92 Å². The molecule has 0 fully saturated rings. The fourth-order valence-corrected chi connectivity index (χ4v) is 1.98. The Morgan fingerprint density at radius 3 is 2.42 bits per heavy atom. The van der Waals surface area contributed by atoms with Gasteiger partial charge in [0.25, 0.3) is 0 Å². The Morgan fingerprint density at radius 2 is 1.96 bits per heavy atom. The summed E-state index contributed by atoms with van der Waals surface area (Å²) in [6, 6.07) is 11.1. The van der Waals surface area contributed by atoms with Crippen LogP contribution in [0.5, 0.6) is 5.75 Å². The van der Waals surface area contributed by atoms with Gasteiger partial charge in [0.1, 0.15) is 17.9 Å². The average Bonchev–Trinajstić information content (AvgIpc) is 2.55. The van der Waals surface area contributed by atoms with Gasteiger partial charge in [0.05, 0.1) is 0 Å². The molecule has 0 aromatic heterocycles. The number of benzene rings is 2. The monoisotopic (exact) mass is 355 g/mol. The van der Waals surface area contributed by atoms with Crippen molar-refractivity contribution in [2.24, 2.45) is 0 Å². The summed E-state index contributed by atoms with van der Waals surface area (Å²) in [5, 5.41) is 9.38. The molecule has 0 aliphatic rings. The van der Waals surface area contributed by atoms with Crippen molar-refractivity contribution in [3.8, 4) is 16.9 Å². The van der Waals surface area contributed by atoms with Crippen molar-refractivity contribution >= 4 is 6.29 Å². The maximum absolute atomic E-state index is 14.0. The molecule has 2 rings (SSSR count). The van der Waals surface area contributed by atoms with E-state index >= 15 is 0 Å². The molecular weight excluding hydrogens is 332 g/mol. The Kier molecular flexibility index (Phi) is 12.5. The predicted molar refractivity (Wildman–Crippen MR) is 92.1 cm³/mol. The SMILES string of the molecule is CC(C=O)c1ccc(-c2cccc(O)c2)c(F)c1.CCCC[NH-].[K+]. The van der Waals surface area contributed by atoms with Crippen LogP contribution in [0.4, 0.5) is 4.39 Å². The molecule has 1 unspecified atom stereocenters. The fourth-order valence-electron chi connectivity index (χ4n) is 1.98. The van der Waals surface area contributed by atoms with Crippen LogP contribution in [-0.4, -0.2) is 17.9 Å². The van der Waals surface area contributed by atoms with Gasteiger partial charge in [-0.15, -0.1) is 0 Å². The van der Waals surface area contributed by atoms with Gasteiger partial charge in [-0.05, 0) is 29.3 Å². The third-order valence-electron chi connectivity index (χ3n) is 3.41. The van der Waals surface area contributed by atoms with E-state index in [-0.39, 0.29) is 63.1 Å². The number of phenols is 1. The van der Waals surface area contributed by atoms with E-state index in [0.29, 0.717) is 23.2 Å². The van der Waals surface area contributed by atoms with Crippen molar-refractivity contribution in [3.05, 3.63) is 59.6 Å². The molecule has 5 heteroatoms. The van der Waals surface area contributed by atoms with Crippen LogP contribution in [0.3, 0.4) is 0 Å². The second-order valence-corrected chi connectivity index (χ2v) is 5.32. The number of phenolic OH excluding ortho intramolecular Hbond substituents is 1. The van der Waals surface area contributed by atoms with Gasteiger partial charge in [-0.25, -0.2) is 4.39 Å². The summed E-state index contributed by atoms with van der Waals surface area (Å²) in [7, 11) is 0. The summed E-state index contributed by atoms with van der Waals surface area (Å²) in [6.45, 7) is 4.40. The molecule has 2 aromatic rings. The van der Waals surface area contributed by atoms with E-state index in [1.165, 1.54) is 18.2 Å². The zero-order valence-corrected chi connectivity index (χ0v) is 17.7. The number of carbonyl (C=O) groups excluding carboxylic acids is 1. The molecule has 24 heavy (non-hydrogen) atoms. The molecule has 0 amide bonds. The predicted octanol–water partition coefficient (Wildman–Crippen LogP) is 2.34. The standard InChI is InChI=1S/C15H13FO2.C4H10N.K/c1-10(9-17)11-5-6-14(15(16)8-11)12-3-2-4-13(18)7-12;1-2-3-4-5;/h2-10,18H,1H3;5H,2-4H2,1H3;/q;-1;+1. The summed E-state index contributed by atoms with van der Waals surface area (Å²) in [6.07, 6.45) is 2.99. The summed E-state index contributed by atoms with van der Waals surface area (Å²) >= 11 is 0. The van der Waals surface area contributed by atoms with Gasteiger partial charge >= 0.3 is 51.4 Å². The summed E-state index contributed by atoms with van der Waals surface area (Å²) in [5.74, 6) is -0.623. The number of rotatable bonds is 5. The second-order valence-electron chi connectivity index (χ2n) is 5.32. The fraction of sp³-hybridized carbons (Fsp3) is 0.316. The minimum Gasteiger partial charge on any atom is -0.677 e. The van der Waals surface area contributed by atoms with Gasteiger partial charge in [-0.2, -0.15) is 6.54 Å². The van der Waals surface area contributed by atoms with Crippen LogP contribution in [0.1, 0.15) is 38.2 Å². The minimum atomic E-state index is -0.396. The molecule has 1 atom stereocenters. The zero-order chi connectivity index (χ0) is 17.2. The van der Waals surface area contributed by atoms with E-state index in [0.717, 1.165) is 19.1 Å². The Hall–Kier alpha value is -0.564. The van der Waals surface area contributed by atoms with Gasteiger partial charge in [0, 0.05) is 11.5 Å². The largest absolute Gasteiger partial charge is 1.00 e. The van der Waals surface area contributed by atoms with Crippen LogP contribution in [0.25, 0.3) is 16.9 Å². The van der Waals surface area contributed by atoms with Gasteiger partial charge in [-0.1, -0.05) is 51.0 Å². The second kappa shape index (κ2) is 12.7. The van der Waals surface area contributed by atoms with Crippen LogP contribution in [0.15, 0.2) is 42.5 Å². The molecule has 0 saturated heterocycles. The first-order chi connectivity index (χ1) is 11.0. The van der Waals surface area contributed by atoms with E-state index < -0.39 is 5.82 Å². The molecule has 124 valence electrons. The molecule has 0 saturated carbocycles. The first-order valence-corrected chi connectivity index (χ1v) is 7.72. The van der Waals surface area contributed by atoms with E-state index in [1.54, 1.807) is 31.2 Å². The molecule has 0 radical (unpaired) electrons. The molecule has 0 aliphatic carbocycles. The summed E-state index contributed by atoms with van der Waals surface area (Å²) in [5.41, 5.74) is 8.27. The normalized spacial score (nSPS) is 10.8. The molecule has 0 aliphatic heterocycles. The number of nitrogens with one attached hydrogen (secondary N) is 1. The molecule has 3 nitrogen and oxygen atoms in total. The molecule has 0 bridgehead atoms. The van der Waals surface area contributed by atoms with Gasteiger partial charge in [0.15, 0.2) is 0 Å². The van der Waals surface area contributed by atoms with E-state index in [4.69, 9.17) is 5.73 Å². The molecule has 2 aromatic carbocycles. The number of hydrogen-bond donors (Lipinski definition) is 1. The van der Waals surface area contributed by atoms with E-state index in [1.807, 2.05) is 0 Å². The van der Waals surface area contributed by atoms with Crippen molar-refractivity contribution in [3.63, 3.8) is 0 Å². The van der Waals surface area contributed by atoms with Gasteiger partial charge < -0.3 is 15.6 Å². The quantitative estimate of drug-likeness (QED) is 0.661. The van der Waals surface area contributed by atoms with Crippen molar-refractivity contribution < 1.29 is 65.7 Å². The van der Waals surface area contributed by atoms with Crippen LogP contribution < -0.4 is 51.4 Å². The third-order valence-corrected chi connectivity index (χ3v) is 3.41. The van der Waals surface area contributed by atoms with Gasteiger partial charge in [-0.3, -0.25) is 0 Å². The number of unbranched alkanes of at least 4 members (excludes halogenated alkanes) is 1. The number of aldehydes is 1. The third kappa shape index (κ3) is 7.55. The smallest absolute Gasteiger partial charge is 0.677 e. The van der Waals surface area contributed by atoms with E-state index in [9.17, 15) is 14.3 Å². The maximum atomic E-state index is 14.0. The molecule has 0 heterocycles. The van der Waals surface area contributed by atoms with Crippen molar-refractivity contribution in [1.82, 2.24) is 0 Å². The first-order valence-electron chi connectivity index (χ1n) is 7.72. The van der Waals surface area contributed by atoms with Crippen LogP contribution >= 0.6 is 0 Å². The zero-order valence-electron chi connectivity index (χ0n) is 14.6. The Labute approximate surface area is 185 Å². The van der Waals surface area contributed by atoms with Crippen LogP contribution in [0.2, 0.25) is 0 Å². The van der Waals surface area contributed by atoms with Crippen LogP contribution in [-0.2, 0) is 4.79 Å². The van der Waals surface area contributed by atoms with Crippen molar-refractivity contribution in [2.45, 2.75) is 32.6 Å². The maximum Gasteiger partial charge on any atom is 1.00 e. The first kappa shape index (κ1) is 23.4. The minimum absolute atomic E-state index is 0. The average molecular weight is 355 g/mol. The Morgan fingerprint density at radius 1 is 1.25 bits per heavy atom. The number of halogens is 1.